The van der Waals surface area contributed by atoms with Crippen LogP contribution < -0.4 is 39.6 Å². The van der Waals surface area contributed by atoms with Crippen molar-refractivity contribution >= 4 is 82.0 Å². The Morgan fingerprint density at radius 1 is 0.634 bits per heavy atom. The van der Waals surface area contributed by atoms with Crippen LogP contribution >= 0.6 is 0 Å². The molecule has 10 rings (SSSR count). The monoisotopic (exact) mass is 1120 g/mol. The lowest BCUT2D eigenvalue weighted by atomic mass is 9.67. The van der Waals surface area contributed by atoms with E-state index in [0.717, 1.165) is 34.4 Å². The van der Waals surface area contributed by atoms with E-state index in [9.17, 15) is 33.6 Å². The molecule has 3 N–H and O–H groups in total. The average molecular weight is 1120 g/mol. The Kier molecular flexibility index (Phi) is 18.2. The largest absolute Gasteiger partial charge is 0.497 e. The number of methoxy groups -OCH3 is 3. The second-order valence-corrected chi connectivity index (χ2v) is 20.7. The van der Waals surface area contributed by atoms with E-state index in [2.05, 4.69) is 16.0 Å². The number of amides is 7. The fourth-order valence-electron chi connectivity index (χ4n) is 10.8. The first-order valence-corrected chi connectivity index (χ1v) is 28.1. The van der Waals surface area contributed by atoms with Crippen molar-refractivity contribution in [1.29, 1.82) is 0 Å². The summed E-state index contributed by atoms with van der Waals surface area (Å²) >= 11 is 0. The number of hydrogen-bond donors (Lipinski definition) is 3. The van der Waals surface area contributed by atoms with Crippen molar-refractivity contribution in [2.45, 2.75) is 97.1 Å². The van der Waals surface area contributed by atoms with Crippen molar-refractivity contribution in [2.75, 3.05) is 59.5 Å². The summed E-state index contributed by atoms with van der Waals surface area (Å²) in [4.78, 5) is 106. The number of ether oxygens (including phenoxy) is 5. The van der Waals surface area contributed by atoms with Gasteiger partial charge in [0.2, 0.25) is 29.5 Å². The SMILES string of the molecule is CC.COc1ccc(C2=CN3C(=O)c4cc(OC)c(OCCCOc5cc6c(cc5OC)C(=O)N5C=C(c7ccc(NC(=O)CNC(=O)C8(C(=O)NCCCCCN9C(=O)CC(C)C9=O)CCC8)cc7)CC5C=N6)cc4N=CC3C2)cc1. The molecule has 0 radical (unpaired) electrons. The minimum Gasteiger partial charge on any atom is -0.497 e. The maximum absolute atomic E-state index is 14.1. The van der Waals surface area contributed by atoms with E-state index in [0.29, 0.717) is 116 Å². The van der Waals surface area contributed by atoms with Crippen molar-refractivity contribution in [3.63, 3.8) is 0 Å². The van der Waals surface area contributed by atoms with Crippen LogP contribution in [0.3, 0.4) is 0 Å². The van der Waals surface area contributed by atoms with Gasteiger partial charge in [-0.1, -0.05) is 51.5 Å². The molecule has 0 spiro atoms. The fourth-order valence-corrected chi connectivity index (χ4v) is 10.8. The van der Waals surface area contributed by atoms with Gasteiger partial charge in [0, 0.05) is 87.3 Å². The van der Waals surface area contributed by atoms with Gasteiger partial charge in [0.05, 0.1) is 75.7 Å². The lowest BCUT2D eigenvalue weighted by Gasteiger charge is -2.38. The minimum atomic E-state index is -1.23. The van der Waals surface area contributed by atoms with Crippen LogP contribution in [-0.2, 0) is 24.0 Å². The van der Waals surface area contributed by atoms with Gasteiger partial charge in [-0.15, -0.1) is 0 Å². The van der Waals surface area contributed by atoms with Crippen molar-refractivity contribution in [2.24, 2.45) is 21.3 Å². The molecule has 430 valence electrons. The molecule has 5 aliphatic heterocycles. The number of rotatable bonds is 22. The van der Waals surface area contributed by atoms with Crippen LogP contribution in [0.15, 0.2) is 95.2 Å². The summed E-state index contributed by atoms with van der Waals surface area (Å²) in [5.41, 5.74) is 4.75. The lowest BCUT2D eigenvalue weighted by molar-refractivity contribution is -0.150. The normalized spacial score (nSPS) is 19.0. The number of nitrogens with zero attached hydrogens (tertiary/aromatic N) is 5. The fraction of sp³-hybridized carbons (Fsp3) is 0.403. The molecule has 2 fully saturated rings. The highest BCUT2D eigenvalue weighted by Gasteiger charge is 2.50. The van der Waals surface area contributed by atoms with Crippen LogP contribution in [0, 0.1) is 11.3 Å². The van der Waals surface area contributed by atoms with E-state index in [1.807, 2.05) is 62.6 Å². The zero-order chi connectivity index (χ0) is 58.1. The third-order valence-electron chi connectivity index (χ3n) is 15.5. The van der Waals surface area contributed by atoms with Crippen molar-refractivity contribution in [1.82, 2.24) is 25.3 Å². The number of benzene rings is 4. The van der Waals surface area contributed by atoms with Crippen LogP contribution in [0.5, 0.6) is 28.7 Å². The number of unbranched alkanes of at least 4 members (excludes halogenated alkanes) is 2. The average Bonchev–Trinajstić information content (AvgIpc) is 4.34. The van der Waals surface area contributed by atoms with E-state index in [-0.39, 0.29) is 73.7 Å². The standard InChI is InChI=1S/C60H64N8O12.C2H6/c1-36-24-54(70)66(55(36)71)21-7-5-6-20-61-58(74)60(18-8-19-60)59(75)64-33-53(69)65-41-14-10-37(11-15-41)39-25-42-31-62-47-29-51(49(77-3)27-45(47)56(72)67(42)34-39)79-22-9-23-80-52-30-48-46(28-50(52)78-4)57(73)68-35-40(26-43(68)32-63-48)38-12-16-44(76-2)17-13-38;1-2/h10-17,27-32,34-36,42-43H,5-9,18-26,33H2,1-4H3,(H,61,74)(H,64,75)(H,65,69);1-2H3. The van der Waals surface area contributed by atoms with E-state index in [4.69, 9.17) is 33.7 Å². The molecule has 6 aliphatic rings. The summed E-state index contributed by atoms with van der Waals surface area (Å²) in [6, 6.07) is 21.1. The Labute approximate surface area is 476 Å². The number of aliphatic imine (C=N–C) groups is 2. The topological polar surface area (TPSA) is 236 Å². The van der Waals surface area contributed by atoms with Crippen LogP contribution in [-0.4, -0.2) is 135 Å². The summed E-state index contributed by atoms with van der Waals surface area (Å²) in [7, 11) is 4.65. The van der Waals surface area contributed by atoms with Gasteiger partial charge in [0.1, 0.15) is 11.2 Å². The predicted molar refractivity (Wildman–Crippen MR) is 309 cm³/mol. The molecule has 5 heterocycles. The van der Waals surface area contributed by atoms with E-state index in [1.165, 1.54) is 19.1 Å². The Bertz CT molecular complexity index is 3240. The van der Waals surface area contributed by atoms with Gasteiger partial charge < -0.3 is 49.4 Å². The molecule has 82 heavy (non-hydrogen) atoms. The number of nitrogens with one attached hydrogen (secondary N) is 3. The molecule has 20 heteroatoms. The van der Waals surface area contributed by atoms with Gasteiger partial charge in [-0.05, 0) is 90.8 Å². The Morgan fingerprint density at radius 2 is 1.17 bits per heavy atom. The Morgan fingerprint density at radius 3 is 1.66 bits per heavy atom. The van der Waals surface area contributed by atoms with Gasteiger partial charge in [0.15, 0.2) is 23.0 Å². The highest BCUT2D eigenvalue weighted by molar-refractivity contribution is 6.08. The molecular formula is C62H70N8O12. The van der Waals surface area contributed by atoms with Gasteiger partial charge >= 0.3 is 0 Å². The second kappa shape index (κ2) is 25.8. The number of imide groups is 1. The minimum absolute atomic E-state index is 0.136. The Hall–Kier alpha value is -8.81. The van der Waals surface area contributed by atoms with Crippen LogP contribution in [0.4, 0.5) is 17.1 Å². The number of carbonyl (C=O) groups excluding carboxylic acids is 7. The van der Waals surface area contributed by atoms with Crippen LogP contribution in [0.25, 0.3) is 11.1 Å². The van der Waals surface area contributed by atoms with E-state index < -0.39 is 17.2 Å². The first-order valence-electron chi connectivity index (χ1n) is 28.1. The number of likely N-dealkylation sites (tertiary alicyclic amines) is 1. The molecule has 20 nitrogen and oxygen atoms in total. The summed E-state index contributed by atoms with van der Waals surface area (Å²) in [6.45, 7) is 6.66. The molecule has 7 amide bonds. The molecule has 0 bridgehead atoms. The number of anilines is 1. The number of hydrogen-bond acceptors (Lipinski definition) is 14. The molecule has 0 aromatic heterocycles. The molecular weight excluding hydrogens is 1050 g/mol. The van der Waals surface area contributed by atoms with Gasteiger partial charge in [-0.25, -0.2) is 0 Å². The van der Waals surface area contributed by atoms with Crippen LogP contribution in [0.2, 0.25) is 0 Å². The van der Waals surface area contributed by atoms with E-state index in [1.54, 1.807) is 72.7 Å². The maximum Gasteiger partial charge on any atom is 0.260 e. The molecule has 4 aromatic rings. The summed E-state index contributed by atoms with van der Waals surface area (Å²) in [5, 5.41) is 8.33. The van der Waals surface area contributed by atoms with Gasteiger partial charge in [-0.2, -0.15) is 0 Å². The highest BCUT2D eigenvalue weighted by Crippen LogP contribution is 2.43. The first-order chi connectivity index (χ1) is 39.8. The number of carbonyl (C=O) groups is 7. The van der Waals surface area contributed by atoms with Gasteiger partial charge in [0.25, 0.3) is 11.8 Å². The summed E-state index contributed by atoms with van der Waals surface area (Å²) in [6.07, 6.45) is 12.5. The van der Waals surface area contributed by atoms with Crippen molar-refractivity contribution in [3.8, 4) is 28.7 Å². The zero-order valence-corrected chi connectivity index (χ0v) is 47.2. The summed E-state index contributed by atoms with van der Waals surface area (Å²) in [5.74, 6) is 0.0796. The van der Waals surface area contributed by atoms with Crippen molar-refractivity contribution < 1.29 is 57.2 Å². The van der Waals surface area contributed by atoms with Crippen molar-refractivity contribution in [3.05, 3.63) is 107 Å². The number of fused-ring (bicyclic) bond motifs is 4. The van der Waals surface area contributed by atoms with Crippen LogP contribution in [0.1, 0.15) is 117 Å². The zero-order valence-electron chi connectivity index (χ0n) is 47.2. The first kappa shape index (κ1) is 57.9. The third-order valence-corrected chi connectivity index (χ3v) is 15.5. The van der Waals surface area contributed by atoms with E-state index >= 15 is 0 Å². The van der Waals surface area contributed by atoms with Gasteiger partial charge in [-0.3, -0.25) is 48.4 Å². The summed E-state index contributed by atoms with van der Waals surface area (Å²) < 4.78 is 29.0. The Balaban J connectivity index is 0.00000401. The molecule has 4 aromatic carbocycles. The quantitative estimate of drug-likeness (QED) is 0.0382. The highest BCUT2D eigenvalue weighted by atomic mass is 16.5. The molecule has 3 atom stereocenters. The third kappa shape index (κ3) is 12.3. The molecule has 1 saturated heterocycles. The molecule has 1 saturated carbocycles. The smallest absolute Gasteiger partial charge is 0.260 e. The second-order valence-electron chi connectivity index (χ2n) is 20.7. The molecule has 3 unspecified atom stereocenters. The lowest BCUT2D eigenvalue weighted by Crippen LogP contribution is -2.56. The predicted octanol–water partition coefficient (Wildman–Crippen LogP) is 8.44. The maximum atomic E-state index is 14.1. The molecule has 1 aliphatic carbocycles.